The standard InChI is InChI=1S/C11H9Cl2N3O3/c1-2-16-10(14-9(15-16)11(18)19)5-3-6(12)8(17)7(13)4-5/h3-4,17H,2H2,1H3,(H,18,19). The number of phenolic OH excluding ortho intramolecular Hbond substituents is 1. The fourth-order valence-electron chi connectivity index (χ4n) is 1.56. The molecule has 6 nitrogen and oxygen atoms in total. The lowest BCUT2D eigenvalue weighted by Crippen LogP contribution is -2.02. The van der Waals surface area contributed by atoms with Crippen molar-refractivity contribution in [1.29, 1.82) is 0 Å². The summed E-state index contributed by atoms with van der Waals surface area (Å²) in [7, 11) is 0. The van der Waals surface area contributed by atoms with Crippen molar-refractivity contribution in [3.8, 4) is 17.1 Å². The highest BCUT2D eigenvalue weighted by Gasteiger charge is 2.18. The summed E-state index contributed by atoms with van der Waals surface area (Å²) < 4.78 is 1.42. The van der Waals surface area contributed by atoms with Crippen molar-refractivity contribution in [1.82, 2.24) is 14.8 Å². The van der Waals surface area contributed by atoms with E-state index in [4.69, 9.17) is 28.3 Å². The van der Waals surface area contributed by atoms with E-state index >= 15 is 0 Å². The number of carboxylic acid groups (broad SMARTS) is 1. The molecule has 1 aromatic heterocycles. The van der Waals surface area contributed by atoms with Crippen LogP contribution in [0, 0.1) is 0 Å². The van der Waals surface area contributed by atoms with Gasteiger partial charge in [0.25, 0.3) is 5.82 Å². The van der Waals surface area contributed by atoms with Gasteiger partial charge in [-0.15, -0.1) is 5.10 Å². The highest BCUT2D eigenvalue weighted by atomic mass is 35.5. The number of aromatic hydroxyl groups is 1. The molecule has 0 aliphatic rings. The Balaban J connectivity index is 2.61. The minimum absolute atomic E-state index is 0.0602. The largest absolute Gasteiger partial charge is 0.505 e. The van der Waals surface area contributed by atoms with Gasteiger partial charge in [-0.3, -0.25) is 0 Å². The van der Waals surface area contributed by atoms with Crippen molar-refractivity contribution in [2.45, 2.75) is 13.5 Å². The van der Waals surface area contributed by atoms with Crippen molar-refractivity contribution in [3.05, 3.63) is 28.0 Å². The number of phenols is 1. The molecule has 2 rings (SSSR count). The third kappa shape index (κ3) is 2.50. The second-order valence-corrected chi connectivity index (χ2v) is 4.48. The second-order valence-electron chi connectivity index (χ2n) is 3.67. The highest BCUT2D eigenvalue weighted by molar-refractivity contribution is 6.37. The van der Waals surface area contributed by atoms with Crippen molar-refractivity contribution < 1.29 is 15.0 Å². The second kappa shape index (κ2) is 5.07. The molecule has 2 aromatic rings. The number of rotatable bonds is 3. The van der Waals surface area contributed by atoms with Crippen molar-refractivity contribution >= 4 is 29.2 Å². The van der Waals surface area contributed by atoms with E-state index in [1.54, 1.807) is 6.92 Å². The monoisotopic (exact) mass is 301 g/mol. The summed E-state index contributed by atoms with van der Waals surface area (Å²) in [5.74, 6) is -1.43. The molecule has 1 aromatic carbocycles. The van der Waals surface area contributed by atoms with E-state index in [-0.39, 0.29) is 21.6 Å². The molecule has 0 radical (unpaired) electrons. The first-order chi connectivity index (χ1) is 8.93. The van der Waals surface area contributed by atoms with Gasteiger partial charge >= 0.3 is 5.97 Å². The zero-order valence-electron chi connectivity index (χ0n) is 9.76. The van der Waals surface area contributed by atoms with E-state index in [1.807, 2.05) is 0 Å². The Labute approximate surface area is 118 Å². The average molecular weight is 302 g/mol. The minimum Gasteiger partial charge on any atom is -0.505 e. The lowest BCUT2D eigenvalue weighted by molar-refractivity contribution is 0.0683. The quantitative estimate of drug-likeness (QED) is 0.910. The van der Waals surface area contributed by atoms with E-state index in [0.29, 0.717) is 17.9 Å². The van der Waals surface area contributed by atoms with E-state index in [9.17, 15) is 9.90 Å². The smallest absolute Gasteiger partial charge is 0.375 e. The fourth-order valence-corrected chi connectivity index (χ4v) is 2.05. The number of benzene rings is 1. The molecule has 0 fully saturated rings. The predicted octanol–water partition coefficient (Wildman–Crippen LogP) is 2.68. The maximum absolute atomic E-state index is 10.9. The summed E-state index contributed by atoms with van der Waals surface area (Å²) in [6.07, 6.45) is 0. The molecule has 0 unspecified atom stereocenters. The van der Waals surface area contributed by atoms with E-state index in [1.165, 1.54) is 16.8 Å². The van der Waals surface area contributed by atoms with Crippen LogP contribution < -0.4 is 0 Å². The van der Waals surface area contributed by atoms with Gasteiger partial charge in [0.1, 0.15) is 0 Å². The number of halogens is 2. The van der Waals surface area contributed by atoms with Crippen molar-refractivity contribution in [3.63, 3.8) is 0 Å². The Bertz CT molecular complexity index is 632. The SMILES string of the molecule is CCn1nc(C(=O)O)nc1-c1cc(Cl)c(O)c(Cl)c1. The first kappa shape index (κ1) is 13.6. The van der Waals surface area contributed by atoms with Gasteiger partial charge in [0.05, 0.1) is 10.0 Å². The molecular formula is C11H9Cl2N3O3. The molecule has 0 spiro atoms. The molecule has 8 heteroatoms. The van der Waals surface area contributed by atoms with E-state index in [2.05, 4.69) is 10.1 Å². The highest BCUT2D eigenvalue weighted by Crippen LogP contribution is 2.35. The summed E-state index contributed by atoms with van der Waals surface area (Å²) in [4.78, 5) is 14.8. The summed E-state index contributed by atoms with van der Waals surface area (Å²) in [6.45, 7) is 2.24. The van der Waals surface area contributed by atoms with Crippen molar-refractivity contribution in [2.24, 2.45) is 0 Å². The first-order valence-corrected chi connectivity index (χ1v) is 6.06. The molecule has 100 valence electrons. The van der Waals surface area contributed by atoms with Crippen LogP contribution in [-0.4, -0.2) is 30.9 Å². The van der Waals surface area contributed by atoms with Crippen LogP contribution in [-0.2, 0) is 6.54 Å². The molecule has 2 N–H and O–H groups in total. The minimum atomic E-state index is -1.22. The predicted molar refractivity (Wildman–Crippen MR) is 69.8 cm³/mol. The summed E-state index contributed by atoms with van der Waals surface area (Å²) in [5, 5.41) is 22.3. The van der Waals surface area contributed by atoms with Crippen LogP contribution in [0.5, 0.6) is 5.75 Å². The molecule has 0 aliphatic carbocycles. The number of carbonyl (C=O) groups is 1. The number of aromatic nitrogens is 3. The lowest BCUT2D eigenvalue weighted by atomic mass is 10.2. The van der Waals surface area contributed by atoms with Crippen LogP contribution in [0.15, 0.2) is 12.1 Å². The molecule has 0 aliphatic heterocycles. The number of hydrogen-bond acceptors (Lipinski definition) is 4. The maximum Gasteiger partial charge on any atom is 0.375 e. The Morgan fingerprint density at radius 3 is 2.42 bits per heavy atom. The number of carboxylic acids is 1. The molecule has 0 bridgehead atoms. The van der Waals surface area contributed by atoms with Crippen LogP contribution in [0.1, 0.15) is 17.5 Å². The Hall–Kier alpha value is -1.79. The lowest BCUT2D eigenvalue weighted by Gasteiger charge is -2.05. The molecule has 0 atom stereocenters. The van der Waals surface area contributed by atoms with E-state index < -0.39 is 5.97 Å². The molecule has 0 saturated carbocycles. The Morgan fingerprint density at radius 1 is 1.37 bits per heavy atom. The third-order valence-corrected chi connectivity index (χ3v) is 3.01. The summed E-state index contributed by atoms with van der Waals surface area (Å²) >= 11 is 11.7. The fraction of sp³-hybridized carbons (Fsp3) is 0.182. The van der Waals surface area contributed by atoms with Gasteiger partial charge in [0.15, 0.2) is 11.6 Å². The van der Waals surface area contributed by atoms with Crippen LogP contribution in [0.3, 0.4) is 0 Å². The van der Waals surface area contributed by atoms with Crippen LogP contribution in [0.4, 0.5) is 0 Å². The van der Waals surface area contributed by atoms with Gasteiger partial charge in [0.2, 0.25) is 0 Å². The van der Waals surface area contributed by atoms with Gasteiger partial charge < -0.3 is 10.2 Å². The van der Waals surface area contributed by atoms with Crippen LogP contribution in [0.25, 0.3) is 11.4 Å². The van der Waals surface area contributed by atoms with Gasteiger partial charge in [0, 0.05) is 12.1 Å². The van der Waals surface area contributed by atoms with Crippen LogP contribution >= 0.6 is 23.2 Å². The Morgan fingerprint density at radius 2 is 1.95 bits per heavy atom. The normalized spacial score (nSPS) is 10.7. The number of aryl methyl sites for hydroxylation is 1. The maximum atomic E-state index is 10.9. The van der Waals surface area contributed by atoms with E-state index in [0.717, 1.165) is 0 Å². The van der Waals surface area contributed by atoms with Gasteiger partial charge in [-0.1, -0.05) is 23.2 Å². The average Bonchev–Trinajstić information content (AvgIpc) is 2.79. The zero-order valence-corrected chi connectivity index (χ0v) is 11.3. The van der Waals surface area contributed by atoms with Gasteiger partial charge in [-0.05, 0) is 19.1 Å². The Kier molecular flexibility index (Phi) is 3.64. The summed E-state index contributed by atoms with van der Waals surface area (Å²) in [5.41, 5.74) is 0.481. The first-order valence-electron chi connectivity index (χ1n) is 5.30. The molecule has 19 heavy (non-hydrogen) atoms. The topological polar surface area (TPSA) is 88.2 Å². The number of aromatic carboxylic acids is 1. The molecule has 1 heterocycles. The number of hydrogen-bond donors (Lipinski definition) is 2. The van der Waals surface area contributed by atoms with Gasteiger partial charge in [-0.25, -0.2) is 14.5 Å². The van der Waals surface area contributed by atoms with Gasteiger partial charge in [-0.2, -0.15) is 0 Å². The summed E-state index contributed by atoms with van der Waals surface area (Å²) in [6, 6.07) is 2.90. The molecule has 0 amide bonds. The zero-order chi connectivity index (χ0) is 14.2. The van der Waals surface area contributed by atoms with Crippen molar-refractivity contribution in [2.75, 3.05) is 0 Å². The van der Waals surface area contributed by atoms with Crippen LogP contribution in [0.2, 0.25) is 10.0 Å². The molecule has 0 saturated heterocycles. The third-order valence-electron chi connectivity index (χ3n) is 2.44. The number of nitrogens with zero attached hydrogens (tertiary/aromatic N) is 3. The molecular weight excluding hydrogens is 293 g/mol.